The van der Waals surface area contributed by atoms with Crippen molar-refractivity contribution in [1.82, 2.24) is 14.8 Å². The second-order valence-electron chi connectivity index (χ2n) is 9.78. The van der Waals surface area contributed by atoms with Gasteiger partial charge in [-0.1, -0.05) is 18.2 Å². The van der Waals surface area contributed by atoms with Gasteiger partial charge in [0.1, 0.15) is 5.82 Å². The summed E-state index contributed by atoms with van der Waals surface area (Å²) in [5.41, 5.74) is 6.26. The highest BCUT2D eigenvalue weighted by Gasteiger charge is 2.16. The van der Waals surface area contributed by atoms with Gasteiger partial charge in [-0.3, -0.25) is 9.69 Å². The molecule has 186 valence electrons. The van der Waals surface area contributed by atoms with E-state index in [4.69, 9.17) is 10.1 Å². The Labute approximate surface area is 212 Å². The van der Waals surface area contributed by atoms with Crippen molar-refractivity contribution in [3.05, 3.63) is 76.5 Å². The third-order valence-electron chi connectivity index (χ3n) is 7.11. The van der Waals surface area contributed by atoms with Gasteiger partial charge in [0.2, 0.25) is 0 Å². The largest absolute Gasteiger partial charge is 0.379 e. The molecule has 36 heavy (non-hydrogen) atoms. The molecule has 1 saturated heterocycles. The van der Waals surface area contributed by atoms with E-state index in [1.807, 2.05) is 30.3 Å². The summed E-state index contributed by atoms with van der Waals surface area (Å²) in [6, 6.07) is 14.0. The molecule has 0 unspecified atom stereocenters. The Morgan fingerprint density at radius 1 is 1.06 bits per heavy atom. The molecule has 0 bridgehead atoms. The number of allylic oxidation sites excluding steroid dienone is 1. The Kier molecular flexibility index (Phi) is 7.23. The fourth-order valence-corrected chi connectivity index (χ4v) is 5.03. The molecule has 0 radical (unpaired) electrons. The van der Waals surface area contributed by atoms with Crippen molar-refractivity contribution >= 4 is 34.3 Å². The van der Waals surface area contributed by atoms with Gasteiger partial charge in [-0.25, -0.2) is 4.98 Å². The van der Waals surface area contributed by atoms with Gasteiger partial charge in [0.25, 0.3) is 5.91 Å². The summed E-state index contributed by atoms with van der Waals surface area (Å²) in [7, 11) is 2.12. The smallest absolute Gasteiger partial charge is 0.256 e. The second-order valence-corrected chi connectivity index (χ2v) is 9.78. The number of anilines is 1. The molecule has 0 aliphatic carbocycles. The van der Waals surface area contributed by atoms with Crippen LogP contribution in [0, 0.1) is 5.41 Å². The molecule has 3 aromatic rings. The van der Waals surface area contributed by atoms with E-state index in [0.717, 1.165) is 79.8 Å². The Morgan fingerprint density at radius 3 is 2.67 bits per heavy atom. The third-order valence-corrected chi connectivity index (χ3v) is 7.11. The highest BCUT2D eigenvalue weighted by molar-refractivity contribution is 6.11. The normalized spacial score (nSPS) is 17.4. The number of carbonyl (C=O) groups is 1. The molecule has 2 aromatic carbocycles. The number of morpholine rings is 1. The van der Waals surface area contributed by atoms with Crippen LogP contribution in [0.2, 0.25) is 0 Å². The Bertz CT molecular complexity index is 1330. The number of rotatable bonds is 6. The van der Waals surface area contributed by atoms with Crippen molar-refractivity contribution in [3.63, 3.8) is 0 Å². The van der Waals surface area contributed by atoms with Gasteiger partial charge >= 0.3 is 0 Å². The van der Waals surface area contributed by atoms with Crippen LogP contribution in [0.4, 0.5) is 5.82 Å². The zero-order valence-electron chi connectivity index (χ0n) is 21.0. The monoisotopic (exact) mass is 483 g/mol. The molecule has 5 rings (SSSR count). The SMILES string of the molecule is C/C(CN1CCOCC1)=C(\C=N)c1ccc2cnc(NC(=O)c3ccc4c(c3)CCN(C)C4)cc2c1. The highest BCUT2D eigenvalue weighted by atomic mass is 16.5. The summed E-state index contributed by atoms with van der Waals surface area (Å²) < 4.78 is 5.46. The molecule has 2 aliphatic heterocycles. The molecule has 3 heterocycles. The molecule has 1 aromatic heterocycles. The number of nitrogens with one attached hydrogen (secondary N) is 2. The maximum absolute atomic E-state index is 13.0. The molecule has 0 spiro atoms. The van der Waals surface area contributed by atoms with Gasteiger partial charge in [-0.05, 0) is 77.9 Å². The molecule has 1 fully saturated rings. The number of aromatic nitrogens is 1. The van der Waals surface area contributed by atoms with Gasteiger partial charge in [0, 0.05) is 56.1 Å². The first kappa shape index (κ1) is 24.3. The number of benzene rings is 2. The van der Waals surface area contributed by atoms with E-state index in [1.165, 1.54) is 17.3 Å². The van der Waals surface area contributed by atoms with Crippen molar-refractivity contribution < 1.29 is 9.53 Å². The maximum Gasteiger partial charge on any atom is 0.256 e. The first-order valence-corrected chi connectivity index (χ1v) is 12.5. The van der Waals surface area contributed by atoms with Crippen molar-refractivity contribution in [3.8, 4) is 0 Å². The minimum atomic E-state index is -0.152. The first-order chi connectivity index (χ1) is 17.5. The molecule has 2 aliphatic rings. The van der Waals surface area contributed by atoms with Gasteiger partial charge in [-0.2, -0.15) is 0 Å². The summed E-state index contributed by atoms with van der Waals surface area (Å²) in [4.78, 5) is 22.1. The van der Waals surface area contributed by atoms with Gasteiger partial charge < -0.3 is 20.4 Å². The molecule has 1 amide bonds. The molecule has 2 N–H and O–H groups in total. The molecule has 0 saturated carbocycles. The van der Waals surface area contributed by atoms with E-state index in [9.17, 15) is 4.79 Å². The number of pyridine rings is 1. The molecule has 0 atom stereocenters. The second kappa shape index (κ2) is 10.7. The summed E-state index contributed by atoms with van der Waals surface area (Å²) >= 11 is 0. The Hall–Kier alpha value is -3.39. The van der Waals surface area contributed by atoms with E-state index in [2.05, 4.69) is 46.2 Å². The standard InChI is InChI=1S/C29H33N5O2/c1-20(18-34-9-11-36-12-10-34)27(16-30)22-3-5-24-17-31-28(15-26(24)14-22)32-29(35)23-4-6-25-19-33(2)8-7-21(25)13-23/h3-6,13-17,30H,7-12,18-19H2,1-2H3,(H,31,32,35)/b27-20-,30-16?. The summed E-state index contributed by atoms with van der Waals surface area (Å²) in [6.45, 7) is 8.18. The van der Waals surface area contributed by atoms with E-state index >= 15 is 0 Å². The Balaban J connectivity index is 1.36. The number of likely N-dealkylation sites (N-methyl/N-ethyl adjacent to an activating group) is 1. The van der Waals surface area contributed by atoms with E-state index in [0.29, 0.717) is 11.4 Å². The highest BCUT2D eigenvalue weighted by Crippen LogP contribution is 2.25. The van der Waals surface area contributed by atoms with Gasteiger partial charge in [0.05, 0.1) is 13.2 Å². The summed E-state index contributed by atoms with van der Waals surface area (Å²) in [6.07, 6.45) is 4.18. The fourth-order valence-electron chi connectivity index (χ4n) is 5.03. The number of nitrogens with zero attached hydrogens (tertiary/aromatic N) is 3. The van der Waals surface area contributed by atoms with Crippen LogP contribution in [-0.2, 0) is 17.7 Å². The van der Waals surface area contributed by atoms with Crippen LogP contribution in [-0.4, -0.2) is 73.3 Å². The van der Waals surface area contributed by atoms with Crippen LogP contribution in [0.3, 0.4) is 0 Å². The van der Waals surface area contributed by atoms with Crippen LogP contribution in [0.25, 0.3) is 16.3 Å². The lowest BCUT2D eigenvalue weighted by molar-refractivity contribution is 0.0424. The first-order valence-electron chi connectivity index (χ1n) is 12.5. The lowest BCUT2D eigenvalue weighted by Crippen LogP contribution is -2.37. The number of carbonyl (C=O) groups excluding carboxylic acids is 1. The predicted octanol–water partition coefficient (Wildman–Crippen LogP) is 4.23. The van der Waals surface area contributed by atoms with Crippen molar-refractivity contribution in [2.75, 3.05) is 51.8 Å². The number of hydrogen-bond acceptors (Lipinski definition) is 6. The van der Waals surface area contributed by atoms with Gasteiger partial charge in [0.15, 0.2) is 0 Å². The number of amides is 1. The number of fused-ring (bicyclic) bond motifs is 2. The summed E-state index contributed by atoms with van der Waals surface area (Å²) in [5, 5.41) is 13.0. The molecular weight excluding hydrogens is 450 g/mol. The van der Waals surface area contributed by atoms with E-state index < -0.39 is 0 Å². The van der Waals surface area contributed by atoms with Crippen LogP contribution in [0.1, 0.15) is 34.0 Å². The van der Waals surface area contributed by atoms with E-state index in [-0.39, 0.29) is 5.91 Å². The molecular formula is C29H33N5O2. The van der Waals surface area contributed by atoms with Crippen molar-refractivity contribution in [1.29, 1.82) is 5.41 Å². The molecule has 7 heteroatoms. The number of ether oxygens (including phenoxy) is 1. The predicted molar refractivity (Wildman–Crippen MR) is 145 cm³/mol. The fraction of sp³-hybridized carbons (Fsp3) is 0.345. The lowest BCUT2D eigenvalue weighted by atomic mass is 9.97. The summed E-state index contributed by atoms with van der Waals surface area (Å²) in [5.74, 6) is 0.369. The minimum Gasteiger partial charge on any atom is -0.379 e. The van der Waals surface area contributed by atoms with Crippen LogP contribution < -0.4 is 5.32 Å². The van der Waals surface area contributed by atoms with E-state index in [1.54, 1.807) is 6.20 Å². The zero-order chi connectivity index (χ0) is 25.1. The minimum absolute atomic E-state index is 0.152. The van der Waals surface area contributed by atoms with Crippen molar-refractivity contribution in [2.24, 2.45) is 0 Å². The zero-order valence-corrected chi connectivity index (χ0v) is 21.0. The quantitative estimate of drug-likeness (QED) is 0.513. The van der Waals surface area contributed by atoms with Crippen LogP contribution in [0.15, 0.2) is 54.2 Å². The number of hydrogen-bond donors (Lipinski definition) is 2. The van der Waals surface area contributed by atoms with Gasteiger partial charge in [-0.15, -0.1) is 0 Å². The topological polar surface area (TPSA) is 81.5 Å². The average molecular weight is 484 g/mol. The van der Waals surface area contributed by atoms with Crippen LogP contribution >= 0.6 is 0 Å². The maximum atomic E-state index is 13.0. The van der Waals surface area contributed by atoms with Crippen LogP contribution in [0.5, 0.6) is 0 Å². The Morgan fingerprint density at radius 2 is 1.86 bits per heavy atom. The molecule has 7 nitrogen and oxygen atoms in total. The third kappa shape index (κ3) is 5.38. The lowest BCUT2D eigenvalue weighted by Gasteiger charge is -2.27. The van der Waals surface area contributed by atoms with Crippen molar-refractivity contribution in [2.45, 2.75) is 19.9 Å². The average Bonchev–Trinajstić information content (AvgIpc) is 2.89.